The Labute approximate surface area is 101 Å². The molecule has 0 aliphatic carbocycles. The van der Waals surface area contributed by atoms with Gasteiger partial charge in [-0.25, -0.2) is 13.8 Å². The summed E-state index contributed by atoms with van der Waals surface area (Å²) in [6.45, 7) is 0. The summed E-state index contributed by atoms with van der Waals surface area (Å²) in [6.07, 6.45) is -7.64. The molecule has 1 rings (SSSR count). The Balaban J connectivity index is 3.54. The van der Waals surface area contributed by atoms with Crippen LogP contribution in [0, 0.1) is 0 Å². The van der Waals surface area contributed by atoms with Gasteiger partial charge in [-0.1, -0.05) is 0 Å². The van der Waals surface area contributed by atoms with Crippen molar-refractivity contribution in [1.82, 2.24) is 4.98 Å². The van der Waals surface area contributed by atoms with E-state index < -0.39 is 35.2 Å². The van der Waals surface area contributed by atoms with E-state index in [9.17, 15) is 22.0 Å². The van der Waals surface area contributed by atoms with Crippen LogP contribution in [0.1, 0.15) is 23.1 Å². The van der Waals surface area contributed by atoms with Crippen LogP contribution in [0.2, 0.25) is 0 Å². The van der Waals surface area contributed by atoms with Crippen molar-refractivity contribution in [3.8, 4) is 0 Å². The van der Waals surface area contributed by atoms with E-state index in [1.165, 1.54) is 0 Å². The van der Waals surface area contributed by atoms with Crippen LogP contribution in [0.25, 0.3) is 0 Å². The van der Waals surface area contributed by atoms with Gasteiger partial charge in [-0.05, 0) is 15.9 Å². The minimum absolute atomic E-state index is 0.181. The second kappa shape index (κ2) is 4.83. The predicted molar refractivity (Wildman–Crippen MR) is 51.5 cm³/mol. The van der Waals surface area contributed by atoms with E-state index in [2.05, 4.69) is 20.9 Å². The Kier molecular flexibility index (Phi) is 4.12. The van der Waals surface area contributed by atoms with Gasteiger partial charge in [-0.2, -0.15) is 13.2 Å². The van der Waals surface area contributed by atoms with Crippen LogP contribution in [0.3, 0.4) is 0 Å². The zero-order valence-electron chi connectivity index (χ0n) is 7.45. The first kappa shape index (κ1) is 13.6. The lowest BCUT2D eigenvalue weighted by Gasteiger charge is -2.16. The fourth-order valence-corrected chi connectivity index (χ4v) is 2.03. The molecule has 0 aliphatic rings. The zero-order valence-corrected chi connectivity index (χ0v) is 9.80. The van der Waals surface area contributed by atoms with E-state index >= 15 is 0 Å². The Morgan fingerprint density at radius 3 is 2.31 bits per heavy atom. The van der Waals surface area contributed by atoms with Gasteiger partial charge in [0.2, 0.25) is 0 Å². The molecule has 8 heteroatoms. The third kappa shape index (κ3) is 2.63. The smallest absolute Gasteiger partial charge is 0.249 e. The number of alkyl halides is 6. The standard InChI is InChI=1S/C8H4BrClF5N/c9-6-3(1-10)5(8(13,14)15)4(2-16-6)7(11)12/h2,7H,1H2. The average molecular weight is 324 g/mol. The molecule has 0 atom stereocenters. The van der Waals surface area contributed by atoms with Crippen molar-refractivity contribution < 1.29 is 22.0 Å². The van der Waals surface area contributed by atoms with E-state index in [0.29, 0.717) is 6.20 Å². The topological polar surface area (TPSA) is 12.9 Å². The van der Waals surface area contributed by atoms with Gasteiger partial charge >= 0.3 is 6.18 Å². The van der Waals surface area contributed by atoms with Gasteiger partial charge in [0.05, 0.1) is 11.4 Å². The first-order chi connectivity index (χ1) is 7.29. The number of pyridine rings is 1. The monoisotopic (exact) mass is 323 g/mol. The Hall–Kier alpha value is -0.430. The summed E-state index contributed by atoms with van der Waals surface area (Å²) in [6, 6.07) is 0. The molecule has 0 spiro atoms. The second-order valence-corrected chi connectivity index (χ2v) is 3.81. The summed E-state index contributed by atoms with van der Waals surface area (Å²) in [4.78, 5) is 3.40. The minimum atomic E-state index is -4.89. The third-order valence-electron chi connectivity index (χ3n) is 1.81. The maximum atomic E-state index is 12.6. The van der Waals surface area contributed by atoms with Crippen LogP contribution in [0.15, 0.2) is 10.8 Å². The van der Waals surface area contributed by atoms with E-state index in [-0.39, 0.29) is 4.60 Å². The molecule has 1 aromatic heterocycles. The third-order valence-corrected chi connectivity index (χ3v) is 2.76. The number of hydrogen-bond acceptors (Lipinski definition) is 1. The SMILES string of the molecule is FC(F)c1cnc(Br)c(CCl)c1C(F)(F)F. The van der Waals surface area contributed by atoms with Gasteiger partial charge in [0.15, 0.2) is 0 Å². The highest BCUT2D eigenvalue weighted by Crippen LogP contribution is 2.40. The zero-order chi connectivity index (χ0) is 12.5. The summed E-state index contributed by atoms with van der Waals surface area (Å²) in [5.41, 5.74) is -3.06. The van der Waals surface area contributed by atoms with Gasteiger partial charge in [0.1, 0.15) is 4.60 Å². The molecule has 0 fully saturated rings. The minimum Gasteiger partial charge on any atom is -0.249 e. The number of rotatable bonds is 2. The quantitative estimate of drug-likeness (QED) is 0.442. The molecule has 0 saturated heterocycles. The van der Waals surface area contributed by atoms with Crippen LogP contribution in [0.4, 0.5) is 22.0 Å². The summed E-state index contributed by atoms with van der Waals surface area (Å²) >= 11 is 8.05. The molecule has 0 amide bonds. The molecule has 0 aliphatic heterocycles. The van der Waals surface area contributed by atoms with Crippen molar-refractivity contribution in [2.24, 2.45) is 0 Å². The number of nitrogens with zero attached hydrogens (tertiary/aromatic N) is 1. The maximum Gasteiger partial charge on any atom is 0.417 e. The van der Waals surface area contributed by atoms with Crippen LogP contribution in [-0.4, -0.2) is 4.98 Å². The molecule has 0 bridgehead atoms. The van der Waals surface area contributed by atoms with E-state index in [1.54, 1.807) is 0 Å². The molecule has 1 aromatic rings. The number of halogens is 7. The average Bonchev–Trinajstić information content (AvgIpc) is 2.15. The summed E-state index contributed by atoms with van der Waals surface area (Å²) in [7, 11) is 0. The Bertz CT molecular complexity index is 393. The summed E-state index contributed by atoms with van der Waals surface area (Å²) in [5.74, 6) is -0.553. The summed E-state index contributed by atoms with van der Waals surface area (Å²) in [5, 5.41) is 0. The van der Waals surface area contributed by atoms with Gasteiger partial charge in [0.25, 0.3) is 6.43 Å². The first-order valence-corrected chi connectivity index (χ1v) is 5.20. The molecule has 0 aromatic carbocycles. The van der Waals surface area contributed by atoms with Crippen molar-refractivity contribution in [2.75, 3.05) is 0 Å². The van der Waals surface area contributed by atoms with Gasteiger partial charge in [-0.15, -0.1) is 11.6 Å². The fourth-order valence-electron chi connectivity index (χ4n) is 1.17. The van der Waals surface area contributed by atoms with Gasteiger partial charge in [0, 0.05) is 17.3 Å². The first-order valence-electron chi connectivity index (χ1n) is 3.87. The lowest BCUT2D eigenvalue weighted by atomic mass is 10.1. The van der Waals surface area contributed by atoms with Crippen LogP contribution >= 0.6 is 27.5 Å². The van der Waals surface area contributed by atoms with Crippen LogP contribution < -0.4 is 0 Å². The highest BCUT2D eigenvalue weighted by atomic mass is 79.9. The summed E-state index contributed by atoms with van der Waals surface area (Å²) < 4.78 is 62.4. The van der Waals surface area contributed by atoms with Crippen molar-refractivity contribution >= 4 is 27.5 Å². The van der Waals surface area contributed by atoms with Crippen molar-refractivity contribution in [2.45, 2.75) is 18.5 Å². The highest BCUT2D eigenvalue weighted by Gasteiger charge is 2.39. The molecule has 90 valence electrons. The van der Waals surface area contributed by atoms with Gasteiger partial charge < -0.3 is 0 Å². The lowest BCUT2D eigenvalue weighted by Crippen LogP contribution is -2.14. The molecule has 1 nitrogen and oxygen atoms in total. The predicted octanol–water partition coefficient (Wildman–Crippen LogP) is 4.54. The van der Waals surface area contributed by atoms with E-state index in [0.717, 1.165) is 0 Å². The van der Waals surface area contributed by atoms with Crippen LogP contribution in [-0.2, 0) is 12.1 Å². The maximum absolute atomic E-state index is 12.6. The normalized spacial score (nSPS) is 12.2. The fraction of sp³-hybridized carbons (Fsp3) is 0.375. The molecule has 0 unspecified atom stereocenters. The lowest BCUT2D eigenvalue weighted by molar-refractivity contribution is -0.140. The highest BCUT2D eigenvalue weighted by molar-refractivity contribution is 9.10. The Morgan fingerprint density at radius 2 is 1.94 bits per heavy atom. The van der Waals surface area contributed by atoms with Gasteiger partial charge in [-0.3, -0.25) is 0 Å². The van der Waals surface area contributed by atoms with Crippen LogP contribution in [0.5, 0.6) is 0 Å². The number of aromatic nitrogens is 1. The number of hydrogen-bond donors (Lipinski definition) is 0. The molecule has 0 radical (unpaired) electrons. The van der Waals surface area contributed by atoms with E-state index in [1.807, 2.05) is 0 Å². The van der Waals surface area contributed by atoms with Crippen molar-refractivity contribution in [3.63, 3.8) is 0 Å². The second-order valence-electron chi connectivity index (χ2n) is 2.79. The van der Waals surface area contributed by atoms with Crippen molar-refractivity contribution in [1.29, 1.82) is 0 Å². The Morgan fingerprint density at radius 1 is 1.38 bits per heavy atom. The molecule has 1 heterocycles. The molecule has 0 saturated carbocycles. The van der Waals surface area contributed by atoms with E-state index in [4.69, 9.17) is 11.6 Å². The largest absolute Gasteiger partial charge is 0.417 e. The molecular formula is C8H4BrClF5N. The molecule has 16 heavy (non-hydrogen) atoms. The molecular weight excluding hydrogens is 320 g/mol. The van der Waals surface area contributed by atoms with Crippen molar-refractivity contribution in [3.05, 3.63) is 27.5 Å². The molecule has 0 N–H and O–H groups in total.